The molecule has 0 spiro atoms. The highest BCUT2D eigenvalue weighted by Gasteiger charge is 2.43. The van der Waals surface area contributed by atoms with Gasteiger partial charge < -0.3 is 10.2 Å². The first-order chi connectivity index (χ1) is 10.5. The van der Waals surface area contributed by atoms with Crippen LogP contribution in [0.5, 0.6) is 0 Å². The Morgan fingerprint density at radius 3 is 2.55 bits per heavy atom. The van der Waals surface area contributed by atoms with Gasteiger partial charge in [-0.25, -0.2) is 4.79 Å². The second kappa shape index (κ2) is 5.98. The molecule has 2 heterocycles. The smallest absolute Gasteiger partial charge is 0.320 e. The average molecular weight is 360 g/mol. The van der Waals surface area contributed by atoms with E-state index >= 15 is 0 Å². The molecular formula is C13H11Cl2N3O3S. The Morgan fingerprint density at radius 1 is 1.23 bits per heavy atom. The van der Waals surface area contributed by atoms with Gasteiger partial charge in [-0.05, 0) is 18.2 Å². The van der Waals surface area contributed by atoms with Gasteiger partial charge in [0.25, 0.3) is 5.24 Å². The molecule has 0 aromatic heterocycles. The molecular weight excluding hydrogens is 349 g/mol. The highest BCUT2D eigenvalue weighted by atomic mass is 35.5. The zero-order valence-corrected chi connectivity index (χ0v) is 13.5. The topological polar surface area (TPSA) is 69.7 Å². The van der Waals surface area contributed by atoms with Crippen molar-refractivity contribution in [3.8, 4) is 0 Å². The van der Waals surface area contributed by atoms with E-state index in [0.29, 0.717) is 28.8 Å². The monoisotopic (exact) mass is 359 g/mol. The van der Waals surface area contributed by atoms with Crippen LogP contribution in [0.1, 0.15) is 0 Å². The Hall–Kier alpha value is -1.44. The Balaban J connectivity index is 1.56. The first-order valence-electron chi connectivity index (χ1n) is 6.45. The summed E-state index contributed by atoms with van der Waals surface area (Å²) in [6.07, 6.45) is 0. The summed E-state index contributed by atoms with van der Waals surface area (Å²) < 4.78 is 0. The number of anilines is 1. The third-order valence-electron chi connectivity index (χ3n) is 3.47. The number of thioether (sulfide) groups is 1. The summed E-state index contributed by atoms with van der Waals surface area (Å²) in [5.74, 6) is -0.00492. The molecule has 2 saturated heterocycles. The molecule has 22 heavy (non-hydrogen) atoms. The maximum Gasteiger partial charge on any atom is 0.321 e. The number of carbonyl (C=O) groups excluding carboxylic acids is 3. The number of halogens is 2. The Labute approximate surface area is 140 Å². The second-order valence-corrected chi connectivity index (χ2v) is 6.68. The maximum atomic E-state index is 12.1. The number of benzene rings is 1. The van der Waals surface area contributed by atoms with Gasteiger partial charge in [-0.2, -0.15) is 0 Å². The fraction of sp³-hybridized carbons (Fsp3) is 0.308. The zero-order valence-electron chi connectivity index (χ0n) is 11.2. The van der Waals surface area contributed by atoms with Crippen molar-refractivity contribution in [2.24, 2.45) is 0 Å². The van der Waals surface area contributed by atoms with Crippen molar-refractivity contribution in [3.05, 3.63) is 28.2 Å². The number of amides is 4. The van der Waals surface area contributed by atoms with Gasteiger partial charge in [0.2, 0.25) is 5.91 Å². The summed E-state index contributed by atoms with van der Waals surface area (Å²) in [6, 6.07) is 4.27. The first-order valence-corrected chi connectivity index (χ1v) is 8.19. The van der Waals surface area contributed by atoms with Crippen LogP contribution in [0.2, 0.25) is 10.0 Å². The van der Waals surface area contributed by atoms with E-state index in [4.69, 9.17) is 23.2 Å². The number of nitrogens with zero attached hydrogens (tertiary/aromatic N) is 2. The van der Waals surface area contributed by atoms with E-state index < -0.39 is 0 Å². The first kappa shape index (κ1) is 15.5. The molecule has 0 saturated carbocycles. The lowest BCUT2D eigenvalue weighted by Gasteiger charge is -2.42. The summed E-state index contributed by atoms with van der Waals surface area (Å²) in [4.78, 5) is 38.0. The number of nitrogens with one attached hydrogen (secondary N) is 1. The van der Waals surface area contributed by atoms with Gasteiger partial charge in [-0.1, -0.05) is 35.0 Å². The van der Waals surface area contributed by atoms with Crippen molar-refractivity contribution in [3.63, 3.8) is 0 Å². The number of imide groups is 1. The van der Waals surface area contributed by atoms with E-state index in [9.17, 15) is 14.4 Å². The number of carbonyl (C=O) groups is 3. The van der Waals surface area contributed by atoms with E-state index in [2.05, 4.69) is 5.32 Å². The molecule has 0 atom stereocenters. The molecule has 0 radical (unpaired) electrons. The largest absolute Gasteiger partial charge is 0.321 e. The van der Waals surface area contributed by atoms with Crippen molar-refractivity contribution in [2.45, 2.75) is 6.04 Å². The van der Waals surface area contributed by atoms with E-state index in [1.165, 1.54) is 9.80 Å². The highest BCUT2D eigenvalue weighted by Crippen LogP contribution is 2.28. The van der Waals surface area contributed by atoms with Crippen molar-refractivity contribution in [1.29, 1.82) is 0 Å². The van der Waals surface area contributed by atoms with Crippen molar-refractivity contribution < 1.29 is 14.4 Å². The van der Waals surface area contributed by atoms with Gasteiger partial charge >= 0.3 is 6.03 Å². The van der Waals surface area contributed by atoms with E-state index in [-0.39, 0.29) is 29.0 Å². The predicted octanol–water partition coefficient (Wildman–Crippen LogP) is 2.90. The number of likely N-dealkylation sites (tertiary alicyclic amines) is 1. The molecule has 116 valence electrons. The summed E-state index contributed by atoms with van der Waals surface area (Å²) >= 11 is 12.7. The molecule has 0 bridgehead atoms. The third-order valence-corrected chi connectivity index (χ3v) is 5.04. The van der Waals surface area contributed by atoms with E-state index in [1.54, 1.807) is 18.2 Å². The normalized spacial score (nSPS) is 18.6. The molecule has 0 aliphatic carbocycles. The number of hydrogen-bond donors (Lipinski definition) is 1. The molecule has 2 fully saturated rings. The minimum Gasteiger partial charge on any atom is -0.320 e. The van der Waals surface area contributed by atoms with E-state index in [0.717, 1.165) is 11.8 Å². The van der Waals surface area contributed by atoms with Crippen LogP contribution in [0.15, 0.2) is 18.2 Å². The summed E-state index contributed by atoms with van der Waals surface area (Å²) in [7, 11) is 0. The number of rotatable bonds is 2. The van der Waals surface area contributed by atoms with Gasteiger partial charge in [0.1, 0.15) is 0 Å². The molecule has 2 aliphatic heterocycles. The molecule has 9 heteroatoms. The zero-order chi connectivity index (χ0) is 15.9. The fourth-order valence-corrected chi connectivity index (χ4v) is 3.35. The van der Waals surface area contributed by atoms with Crippen LogP contribution in [0, 0.1) is 0 Å². The SMILES string of the molecule is O=C(Nc1ccc(Cl)c(Cl)c1)N1CC(N2C(=O)CSC2=O)C1. The Morgan fingerprint density at radius 2 is 1.95 bits per heavy atom. The molecule has 4 amide bonds. The summed E-state index contributed by atoms with van der Waals surface area (Å²) in [5, 5.41) is 3.22. The summed E-state index contributed by atoms with van der Waals surface area (Å²) in [5.41, 5.74) is 0.534. The van der Waals surface area contributed by atoms with Crippen LogP contribution >= 0.6 is 35.0 Å². The lowest BCUT2D eigenvalue weighted by Crippen LogP contribution is -2.62. The summed E-state index contributed by atoms with van der Waals surface area (Å²) in [6.45, 7) is 0.677. The van der Waals surface area contributed by atoms with Crippen molar-refractivity contribution in [1.82, 2.24) is 9.80 Å². The quantitative estimate of drug-likeness (QED) is 0.881. The third kappa shape index (κ3) is 2.88. The Kier molecular flexibility index (Phi) is 4.20. The second-order valence-electron chi connectivity index (χ2n) is 4.94. The lowest BCUT2D eigenvalue weighted by molar-refractivity contribution is -0.128. The number of hydrogen-bond acceptors (Lipinski definition) is 4. The molecule has 6 nitrogen and oxygen atoms in total. The maximum absolute atomic E-state index is 12.1. The van der Waals surface area contributed by atoms with Crippen LogP contribution in [0.4, 0.5) is 15.3 Å². The minimum atomic E-state index is -0.304. The van der Waals surface area contributed by atoms with Gasteiger partial charge in [-0.3, -0.25) is 14.5 Å². The van der Waals surface area contributed by atoms with Crippen molar-refractivity contribution >= 4 is 57.8 Å². The van der Waals surface area contributed by atoms with Gasteiger partial charge in [0.15, 0.2) is 0 Å². The molecule has 3 rings (SSSR count). The highest BCUT2D eigenvalue weighted by molar-refractivity contribution is 8.14. The molecule has 2 aliphatic rings. The van der Waals surface area contributed by atoms with Crippen LogP contribution in [-0.4, -0.2) is 51.9 Å². The fourth-order valence-electron chi connectivity index (χ4n) is 2.28. The lowest BCUT2D eigenvalue weighted by atomic mass is 10.1. The molecule has 1 aromatic rings. The van der Waals surface area contributed by atoms with Crippen molar-refractivity contribution in [2.75, 3.05) is 24.2 Å². The average Bonchev–Trinajstić information content (AvgIpc) is 2.73. The van der Waals surface area contributed by atoms with Crippen LogP contribution < -0.4 is 5.32 Å². The molecule has 0 unspecified atom stereocenters. The van der Waals surface area contributed by atoms with Crippen LogP contribution in [-0.2, 0) is 4.79 Å². The van der Waals surface area contributed by atoms with E-state index in [1.807, 2.05) is 0 Å². The molecule has 1 aromatic carbocycles. The van der Waals surface area contributed by atoms with Gasteiger partial charge in [0.05, 0.1) is 21.8 Å². The van der Waals surface area contributed by atoms with Crippen LogP contribution in [0.3, 0.4) is 0 Å². The number of urea groups is 1. The Bertz CT molecular complexity index is 648. The van der Waals surface area contributed by atoms with Gasteiger partial charge in [0, 0.05) is 18.8 Å². The predicted molar refractivity (Wildman–Crippen MR) is 85.5 cm³/mol. The van der Waals surface area contributed by atoms with Gasteiger partial charge in [-0.15, -0.1) is 0 Å². The van der Waals surface area contributed by atoms with Crippen LogP contribution in [0.25, 0.3) is 0 Å². The minimum absolute atomic E-state index is 0.185. The standard InChI is InChI=1S/C13H11Cl2N3O3S/c14-9-2-1-7(3-10(9)15)16-12(20)17-4-8(5-17)18-11(19)6-22-13(18)21/h1-3,8H,4-6H2,(H,16,20). The molecule has 1 N–H and O–H groups in total.